The van der Waals surface area contributed by atoms with Crippen molar-refractivity contribution in [3.63, 3.8) is 0 Å². The first-order chi connectivity index (χ1) is 8.04. The van der Waals surface area contributed by atoms with Gasteiger partial charge in [-0.2, -0.15) is 0 Å². The number of ether oxygens (including phenoxy) is 1. The third-order valence-electron chi connectivity index (χ3n) is 2.75. The van der Waals surface area contributed by atoms with Crippen molar-refractivity contribution in [1.82, 2.24) is 5.32 Å². The fourth-order valence-electron chi connectivity index (χ4n) is 1.87. The molecule has 2 unspecified atom stereocenters. The molecule has 0 radical (unpaired) electrons. The van der Waals surface area contributed by atoms with E-state index in [1.54, 1.807) is 0 Å². The Morgan fingerprint density at radius 1 is 1.41 bits per heavy atom. The largest absolute Gasteiger partial charge is 0.468 e. The van der Waals surface area contributed by atoms with Crippen LogP contribution in [-0.2, 0) is 9.53 Å². The van der Waals surface area contributed by atoms with Crippen LogP contribution in [0.2, 0.25) is 0 Å². The van der Waals surface area contributed by atoms with E-state index in [2.05, 4.69) is 26.1 Å². The smallest absolute Gasteiger partial charge is 0.322 e. The van der Waals surface area contributed by atoms with Crippen LogP contribution in [0.3, 0.4) is 0 Å². The van der Waals surface area contributed by atoms with Crippen molar-refractivity contribution in [1.29, 1.82) is 0 Å². The molecule has 0 aliphatic heterocycles. The number of hydrogen-bond donors (Lipinski definition) is 2. The molecule has 0 aromatic rings. The van der Waals surface area contributed by atoms with Crippen molar-refractivity contribution in [2.24, 2.45) is 5.92 Å². The number of carbonyl (C=O) groups excluding carboxylic acids is 1. The molecule has 17 heavy (non-hydrogen) atoms. The molecule has 4 nitrogen and oxygen atoms in total. The van der Waals surface area contributed by atoms with Gasteiger partial charge in [0.15, 0.2) is 0 Å². The standard InChI is InChI=1S/C13H27NO3/c1-5-6-7-12(13(16)17-4)14-11(9-15)8-10(2)3/h10-12,14-15H,5-9H2,1-4H3. The van der Waals surface area contributed by atoms with Crippen LogP contribution in [0.4, 0.5) is 0 Å². The van der Waals surface area contributed by atoms with Crippen LogP contribution in [0, 0.1) is 5.92 Å². The summed E-state index contributed by atoms with van der Waals surface area (Å²) in [5.74, 6) is 0.254. The Balaban J connectivity index is 4.31. The maximum atomic E-state index is 11.6. The Labute approximate surface area is 105 Å². The normalized spacial score (nSPS) is 14.7. The lowest BCUT2D eigenvalue weighted by atomic mass is 10.0. The number of aliphatic hydroxyl groups excluding tert-OH is 1. The second kappa shape index (κ2) is 9.42. The molecule has 0 fully saturated rings. The highest BCUT2D eigenvalue weighted by molar-refractivity contribution is 5.75. The van der Waals surface area contributed by atoms with E-state index in [4.69, 9.17) is 4.74 Å². The van der Waals surface area contributed by atoms with Crippen molar-refractivity contribution in [3.05, 3.63) is 0 Å². The minimum atomic E-state index is -0.296. The Bertz CT molecular complexity index is 207. The first-order valence-electron chi connectivity index (χ1n) is 6.49. The first-order valence-corrected chi connectivity index (χ1v) is 6.49. The number of hydrogen-bond acceptors (Lipinski definition) is 4. The van der Waals surface area contributed by atoms with E-state index in [-0.39, 0.29) is 24.7 Å². The zero-order valence-electron chi connectivity index (χ0n) is 11.5. The van der Waals surface area contributed by atoms with Crippen LogP contribution in [0.5, 0.6) is 0 Å². The first kappa shape index (κ1) is 16.4. The van der Waals surface area contributed by atoms with E-state index in [1.807, 2.05) is 0 Å². The highest BCUT2D eigenvalue weighted by Gasteiger charge is 2.22. The van der Waals surface area contributed by atoms with Gasteiger partial charge in [0.2, 0.25) is 0 Å². The molecule has 0 saturated heterocycles. The number of aliphatic hydroxyl groups is 1. The number of carbonyl (C=O) groups is 1. The Hall–Kier alpha value is -0.610. The van der Waals surface area contributed by atoms with E-state index >= 15 is 0 Å². The predicted octanol–water partition coefficient (Wildman–Crippen LogP) is 1.71. The van der Waals surface area contributed by atoms with Gasteiger partial charge in [-0.15, -0.1) is 0 Å². The number of unbranched alkanes of at least 4 members (excludes halogenated alkanes) is 1. The molecule has 0 saturated carbocycles. The topological polar surface area (TPSA) is 58.6 Å². The number of nitrogens with one attached hydrogen (secondary N) is 1. The van der Waals surface area contributed by atoms with Gasteiger partial charge in [0.05, 0.1) is 13.7 Å². The summed E-state index contributed by atoms with van der Waals surface area (Å²) in [6.45, 7) is 6.34. The fourth-order valence-corrected chi connectivity index (χ4v) is 1.87. The average Bonchev–Trinajstić information content (AvgIpc) is 2.31. The Morgan fingerprint density at radius 3 is 2.47 bits per heavy atom. The van der Waals surface area contributed by atoms with Crippen LogP contribution in [-0.4, -0.2) is 36.9 Å². The SMILES string of the molecule is CCCCC(NC(CO)CC(C)C)C(=O)OC. The monoisotopic (exact) mass is 245 g/mol. The fraction of sp³-hybridized carbons (Fsp3) is 0.923. The van der Waals surface area contributed by atoms with Gasteiger partial charge in [0, 0.05) is 6.04 Å². The minimum absolute atomic E-state index is 0.0315. The maximum Gasteiger partial charge on any atom is 0.322 e. The molecule has 0 rings (SSSR count). The average molecular weight is 245 g/mol. The minimum Gasteiger partial charge on any atom is -0.468 e. The maximum absolute atomic E-state index is 11.6. The van der Waals surface area contributed by atoms with Gasteiger partial charge in [-0.05, 0) is 18.8 Å². The summed E-state index contributed by atoms with van der Waals surface area (Å²) >= 11 is 0. The molecule has 4 heteroatoms. The molecule has 0 spiro atoms. The van der Waals surface area contributed by atoms with Crippen molar-refractivity contribution < 1.29 is 14.6 Å². The summed E-state index contributed by atoms with van der Waals surface area (Å²) in [4.78, 5) is 11.6. The zero-order chi connectivity index (χ0) is 13.3. The number of methoxy groups -OCH3 is 1. The van der Waals surface area contributed by atoms with Crippen LogP contribution in [0.1, 0.15) is 46.5 Å². The number of rotatable bonds is 9. The highest BCUT2D eigenvalue weighted by atomic mass is 16.5. The van der Waals surface area contributed by atoms with Gasteiger partial charge in [0.1, 0.15) is 6.04 Å². The van der Waals surface area contributed by atoms with Gasteiger partial charge in [-0.25, -0.2) is 0 Å². The molecule has 0 amide bonds. The van der Waals surface area contributed by atoms with Crippen molar-refractivity contribution in [2.75, 3.05) is 13.7 Å². The second-order valence-corrected chi connectivity index (χ2v) is 4.89. The molecule has 0 aromatic carbocycles. The van der Waals surface area contributed by atoms with Gasteiger partial charge < -0.3 is 9.84 Å². The third kappa shape index (κ3) is 7.34. The van der Waals surface area contributed by atoms with Gasteiger partial charge in [-0.3, -0.25) is 10.1 Å². The predicted molar refractivity (Wildman–Crippen MR) is 68.8 cm³/mol. The molecule has 102 valence electrons. The highest BCUT2D eigenvalue weighted by Crippen LogP contribution is 2.08. The van der Waals surface area contributed by atoms with Gasteiger partial charge >= 0.3 is 5.97 Å². The Kier molecular flexibility index (Phi) is 9.09. The summed E-state index contributed by atoms with van der Waals surface area (Å²) in [5.41, 5.74) is 0. The van der Waals surface area contributed by atoms with Gasteiger partial charge in [0.25, 0.3) is 0 Å². The summed E-state index contributed by atoms with van der Waals surface area (Å²) in [7, 11) is 1.40. The van der Waals surface area contributed by atoms with Crippen molar-refractivity contribution in [2.45, 2.75) is 58.5 Å². The van der Waals surface area contributed by atoms with E-state index in [0.717, 1.165) is 25.7 Å². The molecule has 0 aliphatic rings. The van der Waals surface area contributed by atoms with E-state index in [1.165, 1.54) is 7.11 Å². The second-order valence-electron chi connectivity index (χ2n) is 4.89. The lowest BCUT2D eigenvalue weighted by molar-refractivity contribution is -0.143. The molecular weight excluding hydrogens is 218 g/mol. The third-order valence-corrected chi connectivity index (χ3v) is 2.75. The molecule has 2 atom stereocenters. The van der Waals surface area contributed by atoms with E-state index in [0.29, 0.717) is 5.92 Å². The molecule has 0 bridgehead atoms. The quantitative estimate of drug-likeness (QED) is 0.607. The number of esters is 1. The molecule has 2 N–H and O–H groups in total. The lowest BCUT2D eigenvalue weighted by Crippen LogP contribution is -2.46. The van der Waals surface area contributed by atoms with Crippen LogP contribution >= 0.6 is 0 Å². The van der Waals surface area contributed by atoms with E-state index < -0.39 is 0 Å². The van der Waals surface area contributed by atoms with Crippen LogP contribution < -0.4 is 5.32 Å². The van der Waals surface area contributed by atoms with Gasteiger partial charge in [-0.1, -0.05) is 33.6 Å². The zero-order valence-corrected chi connectivity index (χ0v) is 11.5. The molecule has 0 aliphatic carbocycles. The van der Waals surface area contributed by atoms with Crippen molar-refractivity contribution >= 4 is 5.97 Å². The summed E-state index contributed by atoms with van der Waals surface area (Å²) in [5, 5.41) is 12.5. The molecular formula is C13H27NO3. The summed E-state index contributed by atoms with van der Waals surface area (Å²) in [6, 6.07) is -0.327. The Morgan fingerprint density at radius 2 is 2.06 bits per heavy atom. The van der Waals surface area contributed by atoms with Crippen LogP contribution in [0.25, 0.3) is 0 Å². The van der Waals surface area contributed by atoms with Crippen LogP contribution in [0.15, 0.2) is 0 Å². The summed E-state index contributed by atoms with van der Waals surface area (Å²) < 4.78 is 4.78. The molecule has 0 heterocycles. The lowest BCUT2D eigenvalue weighted by Gasteiger charge is -2.24. The van der Waals surface area contributed by atoms with E-state index in [9.17, 15) is 9.90 Å². The summed E-state index contributed by atoms with van der Waals surface area (Å²) in [6.07, 6.45) is 3.64. The molecule has 0 aromatic heterocycles. The van der Waals surface area contributed by atoms with Crippen molar-refractivity contribution in [3.8, 4) is 0 Å².